The van der Waals surface area contributed by atoms with Crippen molar-refractivity contribution < 1.29 is 24.2 Å². The Morgan fingerprint density at radius 3 is 2.68 bits per heavy atom. The molecule has 3 aliphatic heterocycles. The zero-order valence-corrected chi connectivity index (χ0v) is 22.3. The smallest absolute Gasteiger partial charge is 0.310 e. The molecule has 2 aromatic rings. The van der Waals surface area contributed by atoms with E-state index in [0.717, 1.165) is 23.1 Å². The van der Waals surface area contributed by atoms with E-state index in [9.17, 15) is 19.5 Å². The third-order valence-electron chi connectivity index (χ3n) is 8.11. The number of ether oxygens (including phenoxy) is 1. The maximum absolute atomic E-state index is 14.2. The molecule has 7 nitrogen and oxygen atoms in total. The predicted molar refractivity (Wildman–Crippen MR) is 143 cm³/mol. The summed E-state index contributed by atoms with van der Waals surface area (Å²) in [5.41, 5.74) is 3.63. The number of aryl methyl sites for hydroxylation is 2. The van der Waals surface area contributed by atoms with Gasteiger partial charge in [-0.15, -0.1) is 11.8 Å². The molecule has 6 atom stereocenters. The second kappa shape index (κ2) is 10.1. The summed E-state index contributed by atoms with van der Waals surface area (Å²) in [5, 5.41) is 13.6. The summed E-state index contributed by atoms with van der Waals surface area (Å²) in [6.07, 6.45) is 1.83. The minimum absolute atomic E-state index is 0.0483. The van der Waals surface area contributed by atoms with E-state index in [-0.39, 0.29) is 36.2 Å². The van der Waals surface area contributed by atoms with Crippen LogP contribution >= 0.6 is 11.8 Å². The maximum atomic E-state index is 14.2. The molecule has 2 N–H and O–H groups in total. The number of aliphatic hydroxyl groups excluding tert-OH is 1. The summed E-state index contributed by atoms with van der Waals surface area (Å²) in [6.45, 7) is 5.63. The van der Waals surface area contributed by atoms with Crippen LogP contribution in [-0.4, -0.2) is 63.1 Å². The summed E-state index contributed by atoms with van der Waals surface area (Å²) in [7, 11) is 0. The van der Waals surface area contributed by atoms with Crippen molar-refractivity contribution in [1.82, 2.24) is 4.90 Å². The Morgan fingerprint density at radius 1 is 1.22 bits per heavy atom. The average Bonchev–Trinajstić information content (AvgIpc) is 3.53. The van der Waals surface area contributed by atoms with E-state index in [0.29, 0.717) is 18.5 Å². The molecule has 8 heteroatoms. The zero-order chi connectivity index (χ0) is 26.3. The van der Waals surface area contributed by atoms with Gasteiger partial charge in [-0.1, -0.05) is 42.5 Å². The van der Waals surface area contributed by atoms with E-state index >= 15 is 0 Å². The molecule has 2 unspecified atom stereocenters. The first-order chi connectivity index (χ1) is 17.8. The zero-order valence-electron chi connectivity index (χ0n) is 21.5. The topological polar surface area (TPSA) is 95.9 Å². The molecule has 0 saturated carbocycles. The second-order valence-electron chi connectivity index (χ2n) is 10.4. The van der Waals surface area contributed by atoms with Crippen molar-refractivity contribution in [3.05, 3.63) is 65.2 Å². The molecule has 3 fully saturated rings. The Balaban J connectivity index is 1.55. The molecule has 2 amide bonds. The van der Waals surface area contributed by atoms with Crippen LogP contribution in [0.3, 0.4) is 0 Å². The van der Waals surface area contributed by atoms with Crippen molar-refractivity contribution in [2.45, 2.75) is 62.1 Å². The molecule has 3 aliphatic rings. The van der Waals surface area contributed by atoms with Crippen molar-refractivity contribution >= 4 is 35.2 Å². The molecule has 37 heavy (non-hydrogen) atoms. The van der Waals surface area contributed by atoms with E-state index in [1.807, 2.05) is 62.4 Å². The normalized spacial score (nSPS) is 28.8. The number of hydrogen-bond donors (Lipinski definition) is 2. The molecule has 5 rings (SSSR count). The van der Waals surface area contributed by atoms with Crippen LogP contribution in [0.2, 0.25) is 0 Å². The molecule has 0 aromatic heterocycles. The number of carbonyl (C=O) groups excluding carboxylic acids is 3. The van der Waals surface area contributed by atoms with Crippen LogP contribution in [0.1, 0.15) is 36.5 Å². The fourth-order valence-electron chi connectivity index (χ4n) is 6.50. The van der Waals surface area contributed by atoms with E-state index in [1.54, 1.807) is 23.6 Å². The minimum atomic E-state index is -0.805. The lowest BCUT2D eigenvalue weighted by atomic mass is 9.71. The van der Waals surface area contributed by atoms with Crippen molar-refractivity contribution in [2.75, 3.05) is 18.5 Å². The number of fused-ring (bicyclic) bond motifs is 1. The van der Waals surface area contributed by atoms with Gasteiger partial charge in [-0.25, -0.2) is 0 Å². The quantitative estimate of drug-likeness (QED) is 0.516. The molecular weight excluding hydrogens is 488 g/mol. The van der Waals surface area contributed by atoms with Crippen LogP contribution in [0.15, 0.2) is 48.5 Å². The first-order valence-electron chi connectivity index (χ1n) is 13.0. The van der Waals surface area contributed by atoms with Crippen molar-refractivity contribution in [2.24, 2.45) is 11.8 Å². The first kappa shape index (κ1) is 25.8. The lowest BCUT2D eigenvalue weighted by Gasteiger charge is -2.37. The van der Waals surface area contributed by atoms with Crippen molar-refractivity contribution in [3.8, 4) is 0 Å². The number of rotatable bonds is 8. The number of benzene rings is 2. The van der Waals surface area contributed by atoms with Gasteiger partial charge in [0.2, 0.25) is 11.8 Å². The van der Waals surface area contributed by atoms with Crippen molar-refractivity contribution in [1.29, 1.82) is 0 Å². The predicted octanol–water partition coefficient (Wildman–Crippen LogP) is 3.50. The SMILES string of the molecule is CCOC(=O)[C@@H]1[C@@H]2CCC3(S2)C(C(=O)Nc2cc(C)ccc2C)N([C@@H](CO)Cc2ccccc2)C(=O)[C@H]13. The molecule has 3 saturated heterocycles. The molecular formula is C29H34N2O5S. The number of esters is 1. The Bertz CT molecular complexity index is 1200. The summed E-state index contributed by atoms with van der Waals surface area (Å²) >= 11 is 1.60. The number of nitrogens with one attached hydrogen (secondary N) is 1. The summed E-state index contributed by atoms with van der Waals surface area (Å²) < 4.78 is 4.67. The summed E-state index contributed by atoms with van der Waals surface area (Å²) in [5.74, 6) is -2.09. The highest BCUT2D eigenvalue weighted by Crippen LogP contribution is 2.66. The Hall–Kier alpha value is -2.84. The number of hydrogen-bond acceptors (Lipinski definition) is 6. The molecule has 196 valence electrons. The largest absolute Gasteiger partial charge is 0.466 e. The number of carbonyl (C=O) groups is 3. The fourth-order valence-corrected chi connectivity index (χ4v) is 8.69. The molecule has 2 aromatic carbocycles. The highest BCUT2D eigenvalue weighted by molar-refractivity contribution is 8.02. The van der Waals surface area contributed by atoms with E-state index in [2.05, 4.69) is 5.32 Å². The van der Waals surface area contributed by atoms with Gasteiger partial charge in [0.15, 0.2) is 0 Å². The number of aliphatic hydroxyl groups is 1. The van der Waals surface area contributed by atoms with Gasteiger partial charge in [0.1, 0.15) is 6.04 Å². The lowest BCUT2D eigenvalue weighted by molar-refractivity contribution is -0.154. The number of amides is 2. The number of anilines is 1. The molecule has 3 heterocycles. The minimum Gasteiger partial charge on any atom is -0.466 e. The fraction of sp³-hybridized carbons (Fsp3) is 0.483. The van der Waals surface area contributed by atoms with Crippen LogP contribution in [0, 0.1) is 25.7 Å². The second-order valence-corrected chi connectivity index (χ2v) is 12.0. The van der Waals surface area contributed by atoms with Crippen molar-refractivity contribution in [3.63, 3.8) is 0 Å². The monoisotopic (exact) mass is 522 g/mol. The lowest BCUT2D eigenvalue weighted by Crippen LogP contribution is -2.55. The van der Waals surface area contributed by atoms with Gasteiger partial charge >= 0.3 is 5.97 Å². The third-order valence-corrected chi connectivity index (χ3v) is 10.1. The molecule has 0 radical (unpaired) electrons. The van der Waals surface area contributed by atoms with Gasteiger partial charge in [0.05, 0.1) is 35.8 Å². The maximum Gasteiger partial charge on any atom is 0.310 e. The van der Waals surface area contributed by atoms with Crippen LogP contribution in [-0.2, 0) is 25.5 Å². The van der Waals surface area contributed by atoms with Crippen LogP contribution in [0.4, 0.5) is 5.69 Å². The van der Waals surface area contributed by atoms with Gasteiger partial charge in [-0.3, -0.25) is 14.4 Å². The highest BCUT2D eigenvalue weighted by Gasteiger charge is 2.74. The Kier molecular flexibility index (Phi) is 7.07. The third kappa shape index (κ3) is 4.34. The van der Waals surface area contributed by atoms with E-state index in [1.165, 1.54) is 0 Å². The number of nitrogens with zero attached hydrogens (tertiary/aromatic N) is 1. The molecule has 1 spiro atoms. The molecule has 2 bridgehead atoms. The average molecular weight is 523 g/mol. The van der Waals surface area contributed by atoms with E-state index < -0.39 is 28.7 Å². The van der Waals surface area contributed by atoms with Gasteiger partial charge in [0.25, 0.3) is 0 Å². The van der Waals surface area contributed by atoms with Gasteiger partial charge in [0, 0.05) is 10.9 Å². The highest BCUT2D eigenvalue weighted by atomic mass is 32.2. The number of thioether (sulfide) groups is 1. The van der Waals surface area contributed by atoms with Gasteiger partial charge in [-0.2, -0.15) is 0 Å². The van der Waals surface area contributed by atoms with Gasteiger partial charge in [-0.05, 0) is 62.8 Å². The Morgan fingerprint density at radius 2 is 1.97 bits per heavy atom. The summed E-state index contributed by atoms with van der Waals surface area (Å²) in [4.78, 5) is 42.9. The number of likely N-dealkylation sites (tertiary alicyclic amines) is 1. The standard InChI is InChI=1S/C29H34N2O5S/c1-4-36-28(35)23-22-12-13-29(37-22)24(23)27(34)31(20(16-32)15-19-8-6-5-7-9-19)25(29)26(33)30-21-14-17(2)10-11-18(21)3/h5-11,14,20,22-25,32H,4,12-13,15-16H2,1-3H3,(H,30,33)/t20-,22+,23-,24+,25?,29?/m1/s1. The van der Waals surface area contributed by atoms with Crippen LogP contribution in [0.25, 0.3) is 0 Å². The first-order valence-corrected chi connectivity index (χ1v) is 13.9. The summed E-state index contributed by atoms with van der Waals surface area (Å²) in [6, 6.07) is 14.1. The van der Waals surface area contributed by atoms with E-state index in [4.69, 9.17) is 4.74 Å². The van der Waals surface area contributed by atoms with Crippen LogP contribution < -0.4 is 5.32 Å². The van der Waals surface area contributed by atoms with Gasteiger partial charge < -0.3 is 20.1 Å². The van der Waals surface area contributed by atoms with Crippen LogP contribution in [0.5, 0.6) is 0 Å². The Labute approximate surface area is 222 Å². The molecule has 0 aliphatic carbocycles.